The first-order chi connectivity index (χ1) is 9.79. The van der Waals surface area contributed by atoms with Crippen molar-refractivity contribution in [3.63, 3.8) is 0 Å². The summed E-state index contributed by atoms with van der Waals surface area (Å²) in [5, 5.41) is 0. The Bertz CT molecular complexity index is 336. The van der Waals surface area contributed by atoms with Gasteiger partial charge in [-0.3, -0.25) is 0 Å². The average molecular weight is 470 g/mol. The Balaban J connectivity index is -0.000000113. The first-order valence-corrected chi connectivity index (χ1v) is 5.78. The molecule has 0 aliphatic rings. The molecule has 1 aromatic rings. The summed E-state index contributed by atoms with van der Waals surface area (Å²) in [4.78, 5) is 0. The van der Waals surface area contributed by atoms with Crippen LogP contribution in [-0.4, -0.2) is 21.8 Å². The topological polar surface area (TPSA) is 0 Å². The van der Waals surface area contributed by atoms with Crippen LogP contribution in [0.2, 0.25) is 0 Å². The van der Waals surface area contributed by atoms with Crippen molar-refractivity contribution in [2.75, 3.05) is 0 Å². The molecule has 0 bridgehead atoms. The van der Waals surface area contributed by atoms with Crippen molar-refractivity contribution < 1.29 is 103 Å². The third-order valence-corrected chi connectivity index (χ3v) is 1.44. The van der Waals surface area contributed by atoms with Gasteiger partial charge >= 0.3 is 73.1 Å². The van der Waals surface area contributed by atoms with Gasteiger partial charge in [-0.05, 0) is 4.47 Å². The zero-order valence-corrected chi connectivity index (χ0v) is 16.4. The molecule has 0 saturated carbocycles. The number of rotatable bonds is 0. The summed E-state index contributed by atoms with van der Waals surface area (Å²) in [5.41, 5.74) is 1.05. The Labute approximate surface area is 180 Å². The van der Waals surface area contributed by atoms with Crippen molar-refractivity contribution in [3.8, 4) is 0 Å². The minimum atomic E-state index is -6.00. The van der Waals surface area contributed by atoms with Gasteiger partial charge in [-0.1, -0.05) is 15.9 Å². The standard InChI is InChI=1S/C7H6Br.3BF4.K/c1-6-2-4-7(8)5-3-6;3*2-1(3,4)5;/h2-5H,1H2;;;;/q4*-1;+1. The largest absolute Gasteiger partial charge is 1.00 e. The molecule has 0 nitrogen and oxygen atoms in total. The number of benzene rings is 1. The van der Waals surface area contributed by atoms with Crippen LogP contribution in [0.5, 0.6) is 0 Å². The van der Waals surface area contributed by atoms with Gasteiger partial charge in [0.25, 0.3) is 0 Å². The molecule has 0 unspecified atom stereocenters. The molecular weight excluding hydrogens is 463 g/mol. The molecule has 0 N–H and O–H groups in total. The second kappa shape index (κ2) is 14.7. The van der Waals surface area contributed by atoms with E-state index in [1.165, 1.54) is 0 Å². The van der Waals surface area contributed by atoms with E-state index in [1.54, 1.807) is 0 Å². The molecule has 0 radical (unpaired) electrons. The predicted molar refractivity (Wildman–Crippen MR) is 69.2 cm³/mol. The van der Waals surface area contributed by atoms with E-state index in [9.17, 15) is 51.8 Å². The smallest absolute Gasteiger partial charge is 0.418 e. The number of hydrogen-bond acceptors (Lipinski definition) is 0. The third-order valence-electron chi connectivity index (χ3n) is 0.913. The fourth-order valence-electron chi connectivity index (χ4n) is 0.484. The van der Waals surface area contributed by atoms with Crippen LogP contribution in [0.15, 0.2) is 28.7 Å². The molecule has 0 aliphatic carbocycles. The quantitative estimate of drug-likeness (QED) is 0.310. The van der Waals surface area contributed by atoms with Crippen LogP contribution in [0.4, 0.5) is 51.8 Å². The Morgan fingerprint density at radius 3 is 0.875 bits per heavy atom. The summed E-state index contributed by atoms with van der Waals surface area (Å²) in [7, 11) is -18.0. The van der Waals surface area contributed by atoms with Crippen molar-refractivity contribution in [3.05, 3.63) is 41.2 Å². The summed E-state index contributed by atoms with van der Waals surface area (Å²) in [6.45, 7) is 3.74. The van der Waals surface area contributed by atoms with Gasteiger partial charge in [-0.15, -0.1) is 12.1 Å². The Morgan fingerprint density at radius 2 is 0.750 bits per heavy atom. The maximum Gasteiger partial charge on any atom is 1.00 e. The zero-order valence-electron chi connectivity index (χ0n) is 11.7. The van der Waals surface area contributed by atoms with Crippen LogP contribution in [0.3, 0.4) is 0 Å². The summed E-state index contributed by atoms with van der Waals surface area (Å²) < 4.78 is 118. The first-order valence-electron chi connectivity index (χ1n) is 4.98. The van der Waals surface area contributed by atoms with Gasteiger partial charge in [0, 0.05) is 0 Å². The maximum absolute atomic E-state index is 9.75. The Kier molecular flexibility index (Phi) is 19.8. The predicted octanol–water partition coefficient (Wildman–Crippen LogP) is 3.54. The van der Waals surface area contributed by atoms with E-state index in [1.807, 2.05) is 24.3 Å². The maximum atomic E-state index is 9.75. The van der Waals surface area contributed by atoms with Crippen LogP contribution in [0.25, 0.3) is 0 Å². The fourth-order valence-corrected chi connectivity index (χ4v) is 0.749. The second-order valence-electron chi connectivity index (χ2n) is 3.11. The van der Waals surface area contributed by atoms with Crippen molar-refractivity contribution in [2.24, 2.45) is 0 Å². The Hall–Kier alpha value is 0.561. The molecule has 0 aromatic heterocycles. The van der Waals surface area contributed by atoms with E-state index in [2.05, 4.69) is 22.9 Å². The molecule has 0 aliphatic heterocycles. The van der Waals surface area contributed by atoms with Crippen LogP contribution < -0.4 is 51.4 Å². The molecule has 0 amide bonds. The van der Waals surface area contributed by atoms with Gasteiger partial charge in [-0.2, -0.15) is 24.6 Å². The molecule has 138 valence electrons. The molecule has 0 saturated heterocycles. The van der Waals surface area contributed by atoms with Gasteiger partial charge in [-0.25, -0.2) is 0 Å². The average Bonchev–Trinajstić information content (AvgIpc) is 2.14. The summed E-state index contributed by atoms with van der Waals surface area (Å²) >= 11 is 3.32. The van der Waals surface area contributed by atoms with E-state index in [0.717, 1.165) is 10.0 Å². The van der Waals surface area contributed by atoms with Crippen LogP contribution in [0, 0.1) is 6.92 Å². The monoisotopic (exact) mass is 469 g/mol. The molecule has 0 spiro atoms. The van der Waals surface area contributed by atoms with Gasteiger partial charge in [0.15, 0.2) is 0 Å². The molecule has 0 heterocycles. The van der Waals surface area contributed by atoms with Gasteiger partial charge in [0.1, 0.15) is 0 Å². The minimum Gasteiger partial charge on any atom is -0.418 e. The zero-order chi connectivity index (χ0) is 19.5. The summed E-state index contributed by atoms with van der Waals surface area (Å²) in [6, 6.07) is 7.87. The number of halogens is 13. The van der Waals surface area contributed by atoms with E-state index < -0.39 is 21.8 Å². The van der Waals surface area contributed by atoms with E-state index in [4.69, 9.17) is 0 Å². The second-order valence-corrected chi connectivity index (χ2v) is 4.03. The Morgan fingerprint density at radius 1 is 0.583 bits per heavy atom. The first kappa shape index (κ1) is 32.3. The van der Waals surface area contributed by atoms with Gasteiger partial charge in [0.05, 0.1) is 0 Å². The number of hydrogen-bond donors (Lipinski definition) is 0. The summed E-state index contributed by atoms with van der Waals surface area (Å²) in [5.74, 6) is 0. The SMILES string of the molecule is F[B-](F)(F)F.F[B-](F)(F)F.F[B-](F)(F)F.[CH2-]c1ccc(Br)cc1.[K+]. The van der Waals surface area contributed by atoms with E-state index >= 15 is 0 Å². The fraction of sp³-hybridized carbons (Fsp3) is 0. The normalized spacial score (nSPS) is 10.5. The van der Waals surface area contributed by atoms with E-state index in [0.29, 0.717) is 0 Å². The van der Waals surface area contributed by atoms with Crippen LogP contribution >= 0.6 is 15.9 Å². The van der Waals surface area contributed by atoms with Gasteiger partial charge in [0.2, 0.25) is 0 Å². The van der Waals surface area contributed by atoms with E-state index in [-0.39, 0.29) is 51.4 Å². The van der Waals surface area contributed by atoms with Crippen molar-refractivity contribution in [2.45, 2.75) is 0 Å². The van der Waals surface area contributed by atoms with Crippen LogP contribution in [0.1, 0.15) is 5.56 Å². The minimum absolute atomic E-state index is 0. The van der Waals surface area contributed by atoms with Crippen molar-refractivity contribution in [1.29, 1.82) is 0 Å². The molecule has 1 aromatic carbocycles. The van der Waals surface area contributed by atoms with Crippen molar-refractivity contribution >= 4 is 37.7 Å². The molecule has 0 fully saturated rings. The van der Waals surface area contributed by atoms with Crippen molar-refractivity contribution in [1.82, 2.24) is 0 Å². The van der Waals surface area contributed by atoms with Crippen LogP contribution in [-0.2, 0) is 0 Å². The molecule has 17 heteroatoms. The third kappa shape index (κ3) is 94.0. The molecule has 1 rings (SSSR count). The summed E-state index contributed by atoms with van der Waals surface area (Å²) in [6.07, 6.45) is 0. The van der Waals surface area contributed by atoms with Gasteiger partial charge < -0.3 is 51.8 Å². The molecular formula is C7H6B3BrF12K-3. The molecule has 0 atom stereocenters. The molecule has 24 heavy (non-hydrogen) atoms.